The molecule has 2 aromatic rings. The second-order valence-corrected chi connectivity index (χ2v) is 9.09. The Balaban J connectivity index is 1.45. The third-order valence-corrected chi connectivity index (χ3v) is 6.91. The van der Waals surface area contributed by atoms with E-state index < -0.39 is 0 Å². The van der Waals surface area contributed by atoms with Crippen molar-refractivity contribution >= 4 is 11.7 Å². The average Bonchev–Trinajstić information content (AvgIpc) is 2.79. The molecule has 3 aliphatic heterocycles. The van der Waals surface area contributed by atoms with Gasteiger partial charge in [-0.1, -0.05) is 30.3 Å². The topological polar surface area (TPSA) is 70.2 Å². The molecule has 0 aliphatic carbocycles. The van der Waals surface area contributed by atoms with Crippen LogP contribution in [0.3, 0.4) is 0 Å². The quantitative estimate of drug-likeness (QED) is 0.818. The average molecular weight is 406 g/mol. The minimum absolute atomic E-state index is 0.0492. The highest BCUT2D eigenvalue weighted by Gasteiger charge is 2.38. The van der Waals surface area contributed by atoms with Gasteiger partial charge in [-0.2, -0.15) is 0 Å². The number of nitrogens with one attached hydrogen (secondary N) is 2. The van der Waals surface area contributed by atoms with Gasteiger partial charge in [0.1, 0.15) is 17.3 Å². The molecular formula is C24H31N5O. The van der Waals surface area contributed by atoms with Gasteiger partial charge >= 0.3 is 0 Å². The summed E-state index contributed by atoms with van der Waals surface area (Å²) in [5.41, 5.74) is 3.25. The van der Waals surface area contributed by atoms with E-state index in [0.717, 1.165) is 62.6 Å². The molecule has 6 nitrogen and oxygen atoms in total. The summed E-state index contributed by atoms with van der Waals surface area (Å²) in [5.74, 6) is 1.75. The van der Waals surface area contributed by atoms with Crippen LogP contribution in [0.15, 0.2) is 30.3 Å². The predicted octanol–water partition coefficient (Wildman–Crippen LogP) is 2.52. The second-order valence-electron chi connectivity index (χ2n) is 9.09. The summed E-state index contributed by atoms with van der Waals surface area (Å²) in [6.07, 6.45) is 7.45. The van der Waals surface area contributed by atoms with Crippen molar-refractivity contribution in [2.75, 3.05) is 37.6 Å². The third kappa shape index (κ3) is 3.93. The van der Waals surface area contributed by atoms with Crippen LogP contribution in [-0.2, 0) is 19.3 Å². The Kier molecular flexibility index (Phi) is 5.42. The SMILES string of the molecule is O=C1NCCc2c1nc(CCc1ccccc1)nc2N1CCCC2(CCCNC2)C1. The number of carbonyl (C=O) groups is 1. The van der Waals surface area contributed by atoms with Crippen molar-refractivity contribution in [1.82, 2.24) is 20.6 Å². The fourth-order valence-corrected chi connectivity index (χ4v) is 5.36. The molecule has 1 amide bonds. The van der Waals surface area contributed by atoms with E-state index in [0.29, 0.717) is 17.7 Å². The minimum atomic E-state index is -0.0492. The Morgan fingerprint density at radius 1 is 1.03 bits per heavy atom. The Morgan fingerprint density at radius 2 is 1.90 bits per heavy atom. The Labute approximate surface area is 178 Å². The fraction of sp³-hybridized carbons (Fsp3) is 0.542. The highest BCUT2D eigenvalue weighted by molar-refractivity contribution is 5.96. The van der Waals surface area contributed by atoms with Gasteiger partial charge in [-0.05, 0) is 50.6 Å². The summed E-state index contributed by atoms with van der Waals surface area (Å²) in [6, 6.07) is 10.4. The molecule has 0 radical (unpaired) electrons. The molecule has 1 aromatic carbocycles. The van der Waals surface area contributed by atoms with Crippen LogP contribution in [0.5, 0.6) is 0 Å². The lowest BCUT2D eigenvalue weighted by molar-refractivity contribution is 0.0940. The van der Waals surface area contributed by atoms with Gasteiger partial charge in [-0.3, -0.25) is 4.79 Å². The minimum Gasteiger partial charge on any atom is -0.356 e. The smallest absolute Gasteiger partial charge is 0.270 e. The van der Waals surface area contributed by atoms with Crippen LogP contribution in [0.1, 0.15) is 53.1 Å². The van der Waals surface area contributed by atoms with Gasteiger partial charge in [-0.25, -0.2) is 9.97 Å². The van der Waals surface area contributed by atoms with Crippen molar-refractivity contribution in [2.45, 2.75) is 44.9 Å². The van der Waals surface area contributed by atoms with E-state index in [9.17, 15) is 4.79 Å². The largest absolute Gasteiger partial charge is 0.356 e. The number of hydrogen-bond acceptors (Lipinski definition) is 5. The summed E-state index contributed by atoms with van der Waals surface area (Å²) < 4.78 is 0. The van der Waals surface area contributed by atoms with Gasteiger partial charge in [0, 0.05) is 43.6 Å². The first-order chi connectivity index (χ1) is 14.7. The van der Waals surface area contributed by atoms with Crippen LogP contribution in [-0.4, -0.2) is 48.6 Å². The van der Waals surface area contributed by atoms with Crippen molar-refractivity contribution in [2.24, 2.45) is 5.41 Å². The Bertz CT molecular complexity index is 902. The fourth-order valence-electron chi connectivity index (χ4n) is 5.36. The molecule has 5 rings (SSSR count). The van der Waals surface area contributed by atoms with Crippen molar-refractivity contribution in [3.63, 3.8) is 0 Å². The van der Waals surface area contributed by atoms with Crippen molar-refractivity contribution in [3.8, 4) is 0 Å². The first-order valence-electron chi connectivity index (χ1n) is 11.4. The number of hydrogen-bond donors (Lipinski definition) is 2. The molecule has 3 aliphatic rings. The van der Waals surface area contributed by atoms with Crippen LogP contribution in [0, 0.1) is 5.41 Å². The Morgan fingerprint density at radius 3 is 2.73 bits per heavy atom. The van der Waals surface area contributed by atoms with Crippen LogP contribution in [0.4, 0.5) is 5.82 Å². The summed E-state index contributed by atoms with van der Waals surface area (Å²) in [7, 11) is 0. The van der Waals surface area contributed by atoms with E-state index in [-0.39, 0.29) is 5.91 Å². The van der Waals surface area contributed by atoms with E-state index in [1.807, 2.05) is 6.07 Å². The van der Waals surface area contributed by atoms with E-state index >= 15 is 0 Å². The maximum absolute atomic E-state index is 12.6. The van der Waals surface area contributed by atoms with Gasteiger partial charge in [0.25, 0.3) is 5.91 Å². The molecule has 6 heteroatoms. The molecule has 0 bridgehead atoms. The van der Waals surface area contributed by atoms with Gasteiger partial charge in [0.2, 0.25) is 0 Å². The van der Waals surface area contributed by atoms with Gasteiger partial charge in [0.15, 0.2) is 0 Å². The van der Waals surface area contributed by atoms with E-state index in [4.69, 9.17) is 9.97 Å². The predicted molar refractivity (Wildman–Crippen MR) is 118 cm³/mol. The number of aryl methyl sites for hydroxylation is 2. The Hall–Kier alpha value is -2.47. The molecule has 2 fully saturated rings. The number of amides is 1. The molecule has 1 atom stereocenters. The molecule has 30 heavy (non-hydrogen) atoms. The third-order valence-electron chi connectivity index (χ3n) is 6.91. The van der Waals surface area contributed by atoms with E-state index in [1.54, 1.807) is 0 Å². The number of nitrogens with zero attached hydrogens (tertiary/aromatic N) is 3. The highest BCUT2D eigenvalue weighted by Crippen LogP contribution is 2.38. The zero-order valence-electron chi connectivity index (χ0n) is 17.6. The zero-order valence-corrected chi connectivity index (χ0v) is 17.6. The number of piperidine rings is 2. The molecule has 4 heterocycles. The number of carbonyl (C=O) groups excluding carboxylic acids is 1. The first-order valence-corrected chi connectivity index (χ1v) is 11.4. The highest BCUT2D eigenvalue weighted by atomic mass is 16.1. The normalized spacial score (nSPS) is 23.9. The number of aromatic nitrogens is 2. The van der Waals surface area contributed by atoms with Crippen LogP contribution >= 0.6 is 0 Å². The monoisotopic (exact) mass is 405 g/mol. The summed E-state index contributed by atoms with van der Waals surface area (Å²) >= 11 is 0. The van der Waals surface area contributed by atoms with Gasteiger partial charge < -0.3 is 15.5 Å². The lowest BCUT2D eigenvalue weighted by atomic mass is 9.74. The summed E-state index contributed by atoms with van der Waals surface area (Å²) in [6.45, 7) is 4.95. The first kappa shape index (κ1) is 19.5. The summed E-state index contributed by atoms with van der Waals surface area (Å²) in [5, 5.41) is 6.58. The van der Waals surface area contributed by atoms with Crippen molar-refractivity contribution < 1.29 is 4.79 Å². The molecule has 1 aromatic heterocycles. The van der Waals surface area contributed by atoms with Crippen LogP contribution < -0.4 is 15.5 Å². The molecule has 0 saturated carbocycles. The van der Waals surface area contributed by atoms with Gasteiger partial charge in [-0.15, -0.1) is 0 Å². The van der Waals surface area contributed by atoms with Crippen molar-refractivity contribution in [3.05, 3.63) is 53.0 Å². The lowest BCUT2D eigenvalue weighted by Gasteiger charge is -2.46. The molecule has 158 valence electrons. The molecule has 1 unspecified atom stereocenters. The van der Waals surface area contributed by atoms with Gasteiger partial charge in [0.05, 0.1) is 0 Å². The summed E-state index contributed by atoms with van der Waals surface area (Å²) in [4.78, 5) is 24.8. The van der Waals surface area contributed by atoms with Crippen molar-refractivity contribution in [1.29, 1.82) is 0 Å². The van der Waals surface area contributed by atoms with Crippen LogP contribution in [0.25, 0.3) is 0 Å². The van der Waals surface area contributed by atoms with E-state index in [1.165, 1.54) is 31.2 Å². The van der Waals surface area contributed by atoms with Crippen LogP contribution in [0.2, 0.25) is 0 Å². The molecular weight excluding hydrogens is 374 g/mol. The number of fused-ring (bicyclic) bond motifs is 1. The number of anilines is 1. The zero-order chi connectivity index (χ0) is 20.4. The molecule has 2 saturated heterocycles. The second kappa shape index (κ2) is 8.34. The molecule has 2 N–H and O–H groups in total. The maximum Gasteiger partial charge on any atom is 0.270 e. The number of benzene rings is 1. The number of rotatable bonds is 4. The van der Waals surface area contributed by atoms with E-state index in [2.05, 4.69) is 39.8 Å². The standard InChI is InChI=1S/C24H31N5O/c30-23-21-19(10-14-26-23)22(28-20(27-21)9-8-18-6-2-1-3-7-18)29-15-5-12-24(17-29)11-4-13-25-16-24/h1-3,6-7,25H,4-5,8-17H2,(H,26,30). The lowest BCUT2D eigenvalue weighted by Crippen LogP contribution is -2.52. The maximum atomic E-state index is 12.6. The molecule has 1 spiro atoms.